The summed E-state index contributed by atoms with van der Waals surface area (Å²) in [5, 5.41) is 5.79. The first-order valence-electron chi connectivity index (χ1n) is 7.61. The predicted molar refractivity (Wildman–Crippen MR) is 88.4 cm³/mol. The second-order valence-electron chi connectivity index (χ2n) is 5.40. The molecule has 2 unspecified atom stereocenters. The molecule has 1 aromatic rings. The molecule has 0 fully saturated rings. The van der Waals surface area contributed by atoms with Gasteiger partial charge in [-0.1, -0.05) is 26.0 Å². The van der Waals surface area contributed by atoms with Crippen molar-refractivity contribution in [2.75, 3.05) is 25.0 Å². The van der Waals surface area contributed by atoms with Crippen LogP contribution in [0.2, 0.25) is 0 Å². The van der Waals surface area contributed by atoms with E-state index in [0.717, 1.165) is 30.9 Å². The fraction of sp³-hybridized carbons (Fsp3) is 0.562. The average Bonchev–Trinajstić information content (AvgIpc) is 2.45. The summed E-state index contributed by atoms with van der Waals surface area (Å²) in [5.74, 6) is 0. The Morgan fingerprint density at radius 3 is 2.24 bits per heavy atom. The number of nitrogens with two attached hydrogens (primary N) is 1. The standard InChI is InChI=1S/C16H28N4O/c1-5-20(6-2)11-12(3)18-16(21)19-15-9-7-14(8-10-15)13(4)17/h7-10,12-13H,5-6,11,17H2,1-4H3,(H2,18,19,21). The van der Waals surface area contributed by atoms with Gasteiger partial charge in [-0.25, -0.2) is 4.79 Å². The minimum Gasteiger partial charge on any atom is -0.334 e. The molecule has 21 heavy (non-hydrogen) atoms. The lowest BCUT2D eigenvalue weighted by Gasteiger charge is -2.23. The van der Waals surface area contributed by atoms with E-state index in [1.807, 2.05) is 38.1 Å². The Morgan fingerprint density at radius 1 is 1.19 bits per heavy atom. The fourth-order valence-electron chi connectivity index (χ4n) is 2.18. The van der Waals surface area contributed by atoms with Gasteiger partial charge in [0.2, 0.25) is 0 Å². The monoisotopic (exact) mass is 292 g/mol. The van der Waals surface area contributed by atoms with Crippen LogP contribution in [-0.4, -0.2) is 36.6 Å². The molecule has 0 aromatic heterocycles. The smallest absolute Gasteiger partial charge is 0.319 e. The summed E-state index contributed by atoms with van der Waals surface area (Å²) in [5.41, 5.74) is 7.62. The largest absolute Gasteiger partial charge is 0.334 e. The summed E-state index contributed by atoms with van der Waals surface area (Å²) in [4.78, 5) is 14.2. The van der Waals surface area contributed by atoms with Crippen LogP contribution in [0, 0.1) is 0 Å². The van der Waals surface area contributed by atoms with Crippen molar-refractivity contribution in [3.05, 3.63) is 29.8 Å². The molecule has 0 saturated carbocycles. The topological polar surface area (TPSA) is 70.4 Å². The summed E-state index contributed by atoms with van der Waals surface area (Å²) in [6, 6.07) is 7.53. The zero-order valence-corrected chi connectivity index (χ0v) is 13.5. The minimum absolute atomic E-state index is 0.00182. The maximum Gasteiger partial charge on any atom is 0.319 e. The maximum atomic E-state index is 11.9. The van der Waals surface area contributed by atoms with Gasteiger partial charge in [0.1, 0.15) is 0 Å². The van der Waals surface area contributed by atoms with E-state index in [9.17, 15) is 4.79 Å². The van der Waals surface area contributed by atoms with Gasteiger partial charge < -0.3 is 21.3 Å². The highest BCUT2D eigenvalue weighted by atomic mass is 16.2. The van der Waals surface area contributed by atoms with Gasteiger partial charge >= 0.3 is 6.03 Å². The molecule has 0 spiro atoms. The van der Waals surface area contributed by atoms with Crippen molar-refractivity contribution in [1.29, 1.82) is 0 Å². The Morgan fingerprint density at radius 2 is 1.76 bits per heavy atom. The van der Waals surface area contributed by atoms with Crippen molar-refractivity contribution in [2.45, 2.75) is 39.8 Å². The second kappa shape index (κ2) is 8.64. The Kier molecular flexibility index (Phi) is 7.19. The van der Waals surface area contributed by atoms with Crippen LogP contribution < -0.4 is 16.4 Å². The SMILES string of the molecule is CCN(CC)CC(C)NC(=O)Nc1ccc(C(C)N)cc1. The third kappa shape index (κ3) is 6.14. The summed E-state index contributed by atoms with van der Waals surface area (Å²) in [6.45, 7) is 11.0. The van der Waals surface area contributed by atoms with Crippen LogP contribution in [-0.2, 0) is 0 Å². The molecule has 0 aliphatic heterocycles. The highest BCUT2D eigenvalue weighted by Gasteiger charge is 2.10. The number of nitrogens with one attached hydrogen (secondary N) is 2. The van der Waals surface area contributed by atoms with Crippen molar-refractivity contribution >= 4 is 11.7 Å². The normalized spacial score (nSPS) is 13.8. The van der Waals surface area contributed by atoms with Crippen molar-refractivity contribution in [2.24, 2.45) is 5.73 Å². The van der Waals surface area contributed by atoms with Crippen LogP contribution in [0.15, 0.2) is 24.3 Å². The van der Waals surface area contributed by atoms with Crippen LogP contribution >= 0.6 is 0 Å². The number of rotatable bonds is 7. The number of hydrogen-bond donors (Lipinski definition) is 3. The van der Waals surface area contributed by atoms with E-state index in [-0.39, 0.29) is 18.1 Å². The molecule has 0 radical (unpaired) electrons. The van der Waals surface area contributed by atoms with Gasteiger partial charge in [0.15, 0.2) is 0 Å². The van der Waals surface area contributed by atoms with Gasteiger partial charge in [0.25, 0.3) is 0 Å². The molecule has 0 bridgehead atoms. The third-order valence-electron chi connectivity index (χ3n) is 3.50. The van der Waals surface area contributed by atoms with Gasteiger partial charge in [-0.2, -0.15) is 0 Å². The molecular formula is C16H28N4O. The highest BCUT2D eigenvalue weighted by Crippen LogP contribution is 2.14. The van der Waals surface area contributed by atoms with Crippen LogP contribution in [0.1, 0.15) is 39.3 Å². The lowest BCUT2D eigenvalue weighted by atomic mass is 10.1. The number of urea groups is 1. The van der Waals surface area contributed by atoms with Crippen LogP contribution in [0.4, 0.5) is 10.5 Å². The molecule has 2 atom stereocenters. The number of hydrogen-bond acceptors (Lipinski definition) is 3. The van der Waals surface area contributed by atoms with Crippen molar-refractivity contribution in [3.8, 4) is 0 Å². The van der Waals surface area contributed by atoms with Gasteiger partial charge in [-0.3, -0.25) is 0 Å². The Labute approximate surface area is 127 Å². The fourth-order valence-corrected chi connectivity index (χ4v) is 2.18. The van der Waals surface area contributed by atoms with E-state index < -0.39 is 0 Å². The van der Waals surface area contributed by atoms with E-state index in [1.54, 1.807) is 0 Å². The summed E-state index contributed by atoms with van der Waals surface area (Å²) < 4.78 is 0. The number of anilines is 1. The first-order chi connectivity index (χ1) is 9.96. The number of benzene rings is 1. The van der Waals surface area contributed by atoms with E-state index in [2.05, 4.69) is 29.4 Å². The van der Waals surface area contributed by atoms with E-state index in [0.29, 0.717) is 0 Å². The molecule has 4 N–H and O–H groups in total. The molecule has 0 aliphatic rings. The third-order valence-corrected chi connectivity index (χ3v) is 3.50. The van der Waals surface area contributed by atoms with Crippen LogP contribution in [0.3, 0.4) is 0 Å². The number of likely N-dealkylation sites (N-methyl/N-ethyl adjacent to an activating group) is 1. The summed E-state index contributed by atoms with van der Waals surface area (Å²) in [6.07, 6.45) is 0. The first kappa shape index (κ1) is 17.5. The Balaban J connectivity index is 2.46. The molecule has 118 valence electrons. The summed E-state index contributed by atoms with van der Waals surface area (Å²) in [7, 11) is 0. The molecule has 5 heteroatoms. The zero-order chi connectivity index (χ0) is 15.8. The highest BCUT2D eigenvalue weighted by molar-refractivity contribution is 5.89. The van der Waals surface area contributed by atoms with Gasteiger partial charge in [-0.15, -0.1) is 0 Å². The molecule has 1 aromatic carbocycles. The molecule has 5 nitrogen and oxygen atoms in total. The van der Waals surface area contributed by atoms with E-state index in [1.165, 1.54) is 0 Å². The predicted octanol–water partition coefficient (Wildman–Crippen LogP) is 2.56. The van der Waals surface area contributed by atoms with E-state index in [4.69, 9.17) is 5.73 Å². The number of nitrogens with zero attached hydrogens (tertiary/aromatic N) is 1. The van der Waals surface area contributed by atoms with Crippen molar-refractivity contribution in [1.82, 2.24) is 10.2 Å². The molecule has 0 heterocycles. The molecule has 0 saturated heterocycles. The lowest BCUT2D eigenvalue weighted by molar-refractivity contribution is 0.238. The lowest BCUT2D eigenvalue weighted by Crippen LogP contribution is -2.43. The molecule has 2 amide bonds. The quantitative estimate of drug-likeness (QED) is 0.723. The number of carbonyl (C=O) groups excluding carboxylic acids is 1. The average molecular weight is 292 g/mol. The van der Waals surface area contributed by atoms with Crippen molar-refractivity contribution in [3.63, 3.8) is 0 Å². The molecule has 1 rings (SSSR count). The van der Waals surface area contributed by atoms with Gasteiger partial charge in [0, 0.05) is 24.3 Å². The Bertz CT molecular complexity index is 426. The second-order valence-corrected chi connectivity index (χ2v) is 5.40. The number of carbonyl (C=O) groups is 1. The van der Waals surface area contributed by atoms with E-state index >= 15 is 0 Å². The minimum atomic E-state index is -0.178. The molecular weight excluding hydrogens is 264 g/mol. The van der Waals surface area contributed by atoms with Crippen molar-refractivity contribution < 1.29 is 4.79 Å². The Hall–Kier alpha value is -1.59. The summed E-state index contributed by atoms with van der Waals surface area (Å²) >= 11 is 0. The maximum absolute atomic E-state index is 11.9. The van der Waals surface area contributed by atoms with Crippen LogP contribution in [0.5, 0.6) is 0 Å². The van der Waals surface area contributed by atoms with Gasteiger partial charge in [0.05, 0.1) is 0 Å². The first-order valence-corrected chi connectivity index (χ1v) is 7.61. The van der Waals surface area contributed by atoms with Crippen LogP contribution in [0.25, 0.3) is 0 Å². The molecule has 0 aliphatic carbocycles. The van der Waals surface area contributed by atoms with Gasteiger partial charge in [-0.05, 0) is 44.6 Å². The zero-order valence-electron chi connectivity index (χ0n) is 13.5. The number of amides is 2.